The zero-order chi connectivity index (χ0) is 12.3. The molecule has 0 amide bonds. The summed E-state index contributed by atoms with van der Waals surface area (Å²) in [7, 11) is 0. The Labute approximate surface area is 96.7 Å². The SMILES string of the molecule is N#CCCc1ncc(-c2cc(F)ccc2F)[nH]1. The van der Waals surface area contributed by atoms with Crippen molar-refractivity contribution in [1.29, 1.82) is 5.26 Å². The molecule has 1 aromatic carbocycles. The van der Waals surface area contributed by atoms with Crippen molar-refractivity contribution in [2.75, 3.05) is 0 Å². The van der Waals surface area contributed by atoms with E-state index in [4.69, 9.17) is 5.26 Å². The van der Waals surface area contributed by atoms with Crippen LogP contribution in [0.1, 0.15) is 12.2 Å². The molecular weight excluding hydrogens is 224 g/mol. The number of halogens is 2. The molecule has 17 heavy (non-hydrogen) atoms. The fraction of sp³-hybridized carbons (Fsp3) is 0.167. The van der Waals surface area contributed by atoms with Gasteiger partial charge in [-0.3, -0.25) is 0 Å². The van der Waals surface area contributed by atoms with Crippen molar-refractivity contribution in [2.45, 2.75) is 12.8 Å². The van der Waals surface area contributed by atoms with Gasteiger partial charge in [0.1, 0.15) is 17.5 Å². The largest absolute Gasteiger partial charge is 0.342 e. The predicted molar refractivity (Wildman–Crippen MR) is 57.9 cm³/mol. The van der Waals surface area contributed by atoms with E-state index in [1.165, 1.54) is 6.20 Å². The third-order valence-corrected chi connectivity index (χ3v) is 2.32. The summed E-state index contributed by atoms with van der Waals surface area (Å²) in [6.07, 6.45) is 2.23. The highest BCUT2D eigenvalue weighted by atomic mass is 19.1. The molecule has 0 saturated carbocycles. The van der Waals surface area contributed by atoms with Crippen LogP contribution >= 0.6 is 0 Å². The molecule has 0 bridgehead atoms. The fourth-order valence-electron chi connectivity index (χ4n) is 1.50. The van der Waals surface area contributed by atoms with Crippen molar-refractivity contribution < 1.29 is 8.78 Å². The molecule has 0 saturated heterocycles. The average molecular weight is 233 g/mol. The first-order valence-corrected chi connectivity index (χ1v) is 5.07. The van der Waals surface area contributed by atoms with Crippen molar-refractivity contribution in [1.82, 2.24) is 9.97 Å². The van der Waals surface area contributed by atoms with Crippen molar-refractivity contribution in [3.8, 4) is 17.3 Å². The second-order valence-electron chi connectivity index (χ2n) is 3.53. The summed E-state index contributed by atoms with van der Waals surface area (Å²) in [6, 6.07) is 5.23. The van der Waals surface area contributed by atoms with E-state index in [2.05, 4.69) is 9.97 Å². The summed E-state index contributed by atoms with van der Waals surface area (Å²) < 4.78 is 26.4. The molecule has 2 rings (SSSR count). The van der Waals surface area contributed by atoms with Gasteiger partial charge in [0, 0.05) is 18.4 Å². The number of benzene rings is 1. The molecule has 0 aliphatic rings. The van der Waals surface area contributed by atoms with Gasteiger partial charge in [0.15, 0.2) is 0 Å². The van der Waals surface area contributed by atoms with Crippen LogP contribution in [0.5, 0.6) is 0 Å². The summed E-state index contributed by atoms with van der Waals surface area (Å²) in [5, 5.41) is 8.43. The zero-order valence-electron chi connectivity index (χ0n) is 8.87. The van der Waals surface area contributed by atoms with Crippen molar-refractivity contribution in [3.63, 3.8) is 0 Å². The Kier molecular flexibility index (Phi) is 3.15. The minimum atomic E-state index is -0.512. The third-order valence-electron chi connectivity index (χ3n) is 2.32. The Hall–Kier alpha value is -2.22. The number of imidazole rings is 1. The summed E-state index contributed by atoms with van der Waals surface area (Å²) in [4.78, 5) is 6.87. The molecule has 1 heterocycles. The standard InChI is InChI=1S/C12H9F2N3/c13-8-3-4-10(14)9(6-8)11-7-16-12(17-11)2-1-5-15/h3-4,6-7H,1-2H2,(H,16,17). The van der Waals surface area contributed by atoms with Gasteiger partial charge < -0.3 is 4.98 Å². The van der Waals surface area contributed by atoms with Gasteiger partial charge in [-0.15, -0.1) is 0 Å². The van der Waals surface area contributed by atoms with Crippen LogP contribution in [-0.4, -0.2) is 9.97 Å². The van der Waals surface area contributed by atoms with Crippen LogP contribution in [0.25, 0.3) is 11.3 Å². The molecule has 86 valence electrons. The van der Waals surface area contributed by atoms with E-state index < -0.39 is 11.6 Å². The molecule has 1 aromatic heterocycles. The highest BCUT2D eigenvalue weighted by Gasteiger charge is 2.09. The number of aromatic nitrogens is 2. The summed E-state index contributed by atoms with van der Waals surface area (Å²) in [6.45, 7) is 0. The van der Waals surface area contributed by atoms with Gasteiger partial charge in [0.25, 0.3) is 0 Å². The molecule has 0 unspecified atom stereocenters. The van der Waals surface area contributed by atoms with Gasteiger partial charge in [0.05, 0.1) is 18.0 Å². The van der Waals surface area contributed by atoms with Crippen LogP contribution in [0.2, 0.25) is 0 Å². The van der Waals surface area contributed by atoms with Crippen molar-refractivity contribution in [3.05, 3.63) is 41.9 Å². The lowest BCUT2D eigenvalue weighted by atomic mass is 10.1. The second kappa shape index (κ2) is 4.74. The van der Waals surface area contributed by atoms with Crippen LogP contribution in [0.4, 0.5) is 8.78 Å². The van der Waals surface area contributed by atoms with Gasteiger partial charge in [-0.05, 0) is 18.2 Å². The maximum absolute atomic E-state index is 13.4. The molecule has 3 nitrogen and oxygen atoms in total. The number of rotatable bonds is 3. The molecule has 0 fully saturated rings. The first-order chi connectivity index (χ1) is 8.20. The Bertz CT molecular complexity index is 569. The van der Waals surface area contributed by atoms with Crippen molar-refractivity contribution in [2.24, 2.45) is 0 Å². The normalized spacial score (nSPS) is 10.2. The molecule has 0 aliphatic heterocycles. The summed E-state index contributed by atoms with van der Waals surface area (Å²) >= 11 is 0. The molecule has 2 aromatic rings. The van der Waals surface area contributed by atoms with E-state index in [0.717, 1.165) is 18.2 Å². The van der Waals surface area contributed by atoms with E-state index in [1.807, 2.05) is 6.07 Å². The van der Waals surface area contributed by atoms with Gasteiger partial charge in [0.2, 0.25) is 0 Å². The first-order valence-electron chi connectivity index (χ1n) is 5.07. The number of aryl methyl sites for hydroxylation is 1. The highest BCUT2D eigenvalue weighted by Crippen LogP contribution is 2.22. The van der Waals surface area contributed by atoms with Crippen LogP contribution in [0.15, 0.2) is 24.4 Å². The Morgan fingerprint density at radius 3 is 2.94 bits per heavy atom. The lowest BCUT2D eigenvalue weighted by molar-refractivity contribution is 0.602. The quantitative estimate of drug-likeness (QED) is 0.886. The Balaban J connectivity index is 2.30. The van der Waals surface area contributed by atoms with Crippen molar-refractivity contribution >= 4 is 0 Å². The average Bonchev–Trinajstić information content (AvgIpc) is 2.78. The first kappa shape index (κ1) is 11.3. The third kappa shape index (κ3) is 2.48. The molecule has 0 atom stereocenters. The number of hydrogen-bond donors (Lipinski definition) is 1. The van der Waals surface area contributed by atoms with Gasteiger partial charge in [-0.25, -0.2) is 13.8 Å². The van der Waals surface area contributed by atoms with E-state index in [9.17, 15) is 8.78 Å². The summed E-state index contributed by atoms with van der Waals surface area (Å²) in [5.41, 5.74) is 0.552. The van der Waals surface area contributed by atoms with E-state index in [0.29, 0.717) is 24.4 Å². The summed E-state index contributed by atoms with van der Waals surface area (Å²) in [5.74, 6) is -0.429. The minimum Gasteiger partial charge on any atom is -0.342 e. The molecule has 0 aliphatic carbocycles. The van der Waals surface area contributed by atoms with Gasteiger partial charge in [-0.2, -0.15) is 5.26 Å². The molecule has 0 radical (unpaired) electrons. The Morgan fingerprint density at radius 1 is 1.35 bits per heavy atom. The lowest BCUT2D eigenvalue weighted by Crippen LogP contribution is -1.89. The molecule has 1 N–H and O–H groups in total. The number of hydrogen-bond acceptors (Lipinski definition) is 2. The number of nitriles is 1. The zero-order valence-corrected chi connectivity index (χ0v) is 8.87. The fourth-order valence-corrected chi connectivity index (χ4v) is 1.50. The van der Waals surface area contributed by atoms with E-state index in [1.54, 1.807) is 0 Å². The smallest absolute Gasteiger partial charge is 0.132 e. The molecule has 5 heteroatoms. The predicted octanol–water partition coefficient (Wildman–Crippen LogP) is 2.81. The maximum Gasteiger partial charge on any atom is 0.132 e. The van der Waals surface area contributed by atoms with Crippen LogP contribution in [0.3, 0.4) is 0 Å². The van der Waals surface area contributed by atoms with Crippen LogP contribution < -0.4 is 0 Å². The number of nitrogens with zero attached hydrogens (tertiary/aromatic N) is 2. The van der Waals surface area contributed by atoms with E-state index >= 15 is 0 Å². The molecular formula is C12H9F2N3. The second-order valence-corrected chi connectivity index (χ2v) is 3.53. The Morgan fingerprint density at radius 2 is 2.18 bits per heavy atom. The topological polar surface area (TPSA) is 52.5 Å². The molecule has 0 spiro atoms. The number of nitrogens with one attached hydrogen (secondary N) is 1. The van der Waals surface area contributed by atoms with E-state index in [-0.39, 0.29) is 5.56 Å². The van der Waals surface area contributed by atoms with Gasteiger partial charge in [-0.1, -0.05) is 0 Å². The highest BCUT2D eigenvalue weighted by molar-refractivity contribution is 5.59. The monoisotopic (exact) mass is 233 g/mol. The maximum atomic E-state index is 13.4. The van der Waals surface area contributed by atoms with Gasteiger partial charge >= 0.3 is 0 Å². The number of H-pyrrole nitrogens is 1. The van der Waals surface area contributed by atoms with Crippen LogP contribution in [-0.2, 0) is 6.42 Å². The number of aromatic amines is 1. The minimum absolute atomic E-state index is 0.140. The van der Waals surface area contributed by atoms with Crippen LogP contribution in [0, 0.1) is 23.0 Å². The lowest BCUT2D eigenvalue weighted by Gasteiger charge is -1.99.